The van der Waals surface area contributed by atoms with Gasteiger partial charge in [0.15, 0.2) is 0 Å². The average Bonchev–Trinajstić information content (AvgIpc) is 2.24. The van der Waals surface area contributed by atoms with Crippen LogP contribution in [0.5, 0.6) is 0 Å². The number of hydrogen-bond acceptors (Lipinski definition) is 2. The van der Waals surface area contributed by atoms with E-state index >= 15 is 0 Å². The molecule has 0 bridgehead atoms. The molecule has 0 spiro atoms. The van der Waals surface area contributed by atoms with Gasteiger partial charge in [0.2, 0.25) is 0 Å². The van der Waals surface area contributed by atoms with E-state index in [2.05, 4.69) is 31.0 Å². The van der Waals surface area contributed by atoms with E-state index in [-0.39, 0.29) is 0 Å². The molecule has 0 aromatic carbocycles. The molecule has 2 heteroatoms. The molecule has 0 aromatic rings. The quantitative estimate of drug-likeness (QED) is 0.813. The van der Waals surface area contributed by atoms with Gasteiger partial charge in [0.1, 0.15) is 0 Å². The summed E-state index contributed by atoms with van der Waals surface area (Å²) in [5.74, 6) is 0.799. The van der Waals surface area contributed by atoms with Crippen LogP contribution in [-0.4, -0.2) is 37.1 Å². The molecule has 2 aliphatic rings. The van der Waals surface area contributed by atoms with Gasteiger partial charge < -0.3 is 10.2 Å². The van der Waals surface area contributed by atoms with E-state index in [0.717, 1.165) is 12.0 Å². The first-order valence-corrected chi connectivity index (χ1v) is 7.57. The monoisotopic (exact) mass is 238 g/mol. The van der Waals surface area contributed by atoms with Crippen molar-refractivity contribution in [3.05, 3.63) is 0 Å². The van der Waals surface area contributed by atoms with Gasteiger partial charge in [0.05, 0.1) is 0 Å². The van der Waals surface area contributed by atoms with E-state index in [0.29, 0.717) is 5.41 Å². The summed E-state index contributed by atoms with van der Waals surface area (Å²) in [6, 6.07) is 0.745. The third-order valence-corrected chi connectivity index (χ3v) is 4.78. The summed E-state index contributed by atoms with van der Waals surface area (Å²) >= 11 is 0. The zero-order chi connectivity index (χ0) is 12.3. The fourth-order valence-corrected chi connectivity index (χ4v) is 3.38. The minimum atomic E-state index is 0.647. The first-order valence-electron chi connectivity index (χ1n) is 7.57. The van der Waals surface area contributed by atoms with Crippen molar-refractivity contribution in [3.8, 4) is 0 Å². The van der Waals surface area contributed by atoms with E-state index in [4.69, 9.17) is 0 Å². The van der Waals surface area contributed by atoms with E-state index in [1.54, 1.807) is 0 Å². The summed E-state index contributed by atoms with van der Waals surface area (Å²) < 4.78 is 0. The van der Waals surface area contributed by atoms with Gasteiger partial charge in [-0.25, -0.2) is 0 Å². The molecule has 2 nitrogen and oxygen atoms in total. The second kappa shape index (κ2) is 5.71. The number of nitrogens with zero attached hydrogens (tertiary/aromatic N) is 1. The van der Waals surface area contributed by atoms with Crippen molar-refractivity contribution in [2.24, 2.45) is 11.3 Å². The zero-order valence-electron chi connectivity index (χ0n) is 12.0. The maximum Gasteiger partial charge on any atom is 0.00767 e. The minimum absolute atomic E-state index is 0.647. The van der Waals surface area contributed by atoms with E-state index in [1.807, 2.05) is 0 Å². The van der Waals surface area contributed by atoms with Gasteiger partial charge in [-0.3, -0.25) is 0 Å². The molecule has 2 atom stereocenters. The second-order valence-electron chi connectivity index (χ2n) is 6.81. The molecule has 0 aromatic heterocycles. The maximum absolute atomic E-state index is 3.71. The van der Waals surface area contributed by atoms with Crippen molar-refractivity contribution < 1.29 is 0 Å². The van der Waals surface area contributed by atoms with Crippen LogP contribution >= 0.6 is 0 Å². The Hall–Kier alpha value is -0.0800. The highest BCUT2D eigenvalue weighted by atomic mass is 15.1. The van der Waals surface area contributed by atoms with Crippen LogP contribution in [0.25, 0.3) is 0 Å². The lowest BCUT2D eigenvalue weighted by Crippen LogP contribution is -2.47. The van der Waals surface area contributed by atoms with E-state index in [1.165, 1.54) is 58.3 Å². The van der Waals surface area contributed by atoms with Crippen molar-refractivity contribution in [1.82, 2.24) is 10.2 Å². The Bertz CT molecular complexity index is 235. The Morgan fingerprint density at radius 1 is 1.35 bits per heavy atom. The number of rotatable bonds is 3. The Balaban J connectivity index is 1.86. The largest absolute Gasteiger partial charge is 0.314 e. The van der Waals surface area contributed by atoms with Crippen LogP contribution in [0.1, 0.15) is 52.9 Å². The molecule has 1 aliphatic carbocycles. The SMILES string of the molecule is CCC1CCN(CC2(C)CCC2)CC(C)CN1. The van der Waals surface area contributed by atoms with Crippen molar-refractivity contribution in [1.29, 1.82) is 0 Å². The molecule has 0 radical (unpaired) electrons. The molecule has 17 heavy (non-hydrogen) atoms. The van der Waals surface area contributed by atoms with Crippen molar-refractivity contribution in [2.75, 3.05) is 26.2 Å². The smallest absolute Gasteiger partial charge is 0.00767 e. The van der Waals surface area contributed by atoms with Crippen molar-refractivity contribution >= 4 is 0 Å². The van der Waals surface area contributed by atoms with Gasteiger partial charge in [-0.05, 0) is 50.1 Å². The van der Waals surface area contributed by atoms with E-state index in [9.17, 15) is 0 Å². The predicted molar refractivity (Wildman–Crippen MR) is 74.3 cm³/mol. The van der Waals surface area contributed by atoms with Gasteiger partial charge in [0.25, 0.3) is 0 Å². The molecule has 1 saturated carbocycles. The molecular formula is C15H30N2. The highest BCUT2D eigenvalue weighted by Crippen LogP contribution is 2.41. The summed E-state index contributed by atoms with van der Waals surface area (Å²) in [5.41, 5.74) is 0.647. The number of hydrogen-bond donors (Lipinski definition) is 1. The first-order chi connectivity index (χ1) is 8.11. The molecule has 1 aliphatic heterocycles. The highest BCUT2D eigenvalue weighted by Gasteiger charge is 2.34. The molecule has 0 amide bonds. The molecule has 1 N–H and O–H groups in total. The third kappa shape index (κ3) is 3.69. The van der Waals surface area contributed by atoms with Crippen molar-refractivity contribution in [3.63, 3.8) is 0 Å². The zero-order valence-corrected chi connectivity index (χ0v) is 12.0. The van der Waals surface area contributed by atoms with Gasteiger partial charge in [0, 0.05) is 19.1 Å². The van der Waals surface area contributed by atoms with Gasteiger partial charge in [-0.2, -0.15) is 0 Å². The lowest BCUT2D eigenvalue weighted by molar-refractivity contribution is 0.0693. The summed E-state index contributed by atoms with van der Waals surface area (Å²) in [6.45, 7) is 12.3. The summed E-state index contributed by atoms with van der Waals surface area (Å²) in [4.78, 5) is 2.74. The Morgan fingerprint density at radius 2 is 2.12 bits per heavy atom. The summed E-state index contributed by atoms with van der Waals surface area (Å²) in [5, 5.41) is 3.71. The second-order valence-corrected chi connectivity index (χ2v) is 6.81. The van der Waals surface area contributed by atoms with Gasteiger partial charge in [-0.1, -0.05) is 27.2 Å². The number of nitrogens with one attached hydrogen (secondary N) is 1. The lowest BCUT2D eigenvalue weighted by atomic mass is 9.70. The fourth-order valence-electron chi connectivity index (χ4n) is 3.38. The van der Waals surface area contributed by atoms with Crippen LogP contribution in [-0.2, 0) is 0 Å². The van der Waals surface area contributed by atoms with Crippen molar-refractivity contribution in [2.45, 2.75) is 58.9 Å². The topological polar surface area (TPSA) is 15.3 Å². The van der Waals surface area contributed by atoms with Crippen LogP contribution in [0.2, 0.25) is 0 Å². The molecule has 1 saturated heterocycles. The summed E-state index contributed by atoms with van der Waals surface area (Å²) in [7, 11) is 0. The molecule has 2 rings (SSSR count). The first kappa shape index (κ1) is 13.4. The van der Waals surface area contributed by atoms with Crippen LogP contribution < -0.4 is 5.32 Å². The third-order valence-electron chi connectivity index (χ3n) is 4.78. The van der Waals surface area contributed by atoms with Crippen LogP contribution in [0.4, 0.5) is 0 Å². The Labute approximate surface area is 107 Å². The fraction of sp³-hybridized carbons (Fsp3) is 1.00. The molecule has 2 unspecified atom stereocenters. The Morgan fingerprint density at radius 3 is 2.71 bits per heavy atom. The molecular weight excluding hydrogens is 208 g/mol. The minimum Gasteiger partial charge on any atom is -0.314 e. The predicted octanol–water partition coefficient (Wildman–Crippen LogP) is 2.89. The normalized spacial score (nSPS) is 34.8. The highest BCUT2D eigenvalue weighted by molar-refractivity contribution is 4.87. The lowest BCUT2D eigenvalue weighted by Gasteiger charge is -2.44. The molecule has 100 valence electrons. The standard InChI is InChI=1S/C15H30N2/c1-4-14-6-9-17(11-13(2)10-16-14)12-15(3)7-5-8-15/h13-14,16H,4-12H2,1-3H3. The Kier molecular flexibility index (Phi) is 4.48. The maximum atomic E-state index is 3.71. The van der Waals surface area contributed by atoms with E-state index < -0.39 is 0 Å². The van der Waals surface area contributed by atoms with Crippen LogP contribution in [0.15, 0.2) is 0 Å². The van der Waals surface area contributed by atoms with Crippen LogP contribution in [0, 0.1) is 11.3 Å². The van der Waals surface area contributed by atoms with Gasteiger partial charge >= 0.3 is 0 Å². The van der Waals surface area contributed by atoms with Crippen LogP contribution in [0.3, 0.4) is 0 Å². The average molecular weight is 238 g/mol. The molecule has 1 heterocycles. The van der Waals surface area contributed by atoms with Gasteiger partial charge in [-0.15, -0.1) is 0 Å². The summed E-state index contributed by atoms with van der Waals surface area (Å²) in [6.07, 6.45) is 6.97. The molecule has 2 fully saturated rings.